The lowest BCUT2D eigenvalue weighted by molar-refractivity contribution is -0.0411. The number of nitrogens with two attached hydrogens (primary N) is 1. The first-order valence-electron chi connectivity index (χ1n) is 6.68. The second-order valence-electron chi connectivity index (χ2n) is 5.00. The van der Waals surface area contributed by atoms with Gasteiger partial charge in [-0.15, -0.1) is 11.3 Å². The number of thiophene rings is 1. The molecular weight excluding hydrogens is 276 g/mol. The van der Waals surface area contributed by atoms with Crippen molar-refractivity contribution >= 4 is 11.3 Å². The van der Waals surface area contributed by atoms with E-state index >= 15 is 0 Å². The molecular formula is C13H18N4O2S. The van der Waals surface area contributed by atoms with Crippen LogP contribution in [0.1, 0.15) is 12.7 Å². The van der Waals surface area contributed by atoms with E-state index in [1.807, 2.05) is 24.4 Å². The topological polar surface area (TPSA) is 77.4 Å². The molecule has 7 heteroatoms. The van der Waals surface area contributed by atoms with Gasteiger partial charge in [0.05, 0.1) is 24.1 Å². The van der Waals surface area contributed by atoms with Crippen LogP contribution in [0.2, 0.25) is 0 Å². The molecule has 1 saturated heterocycles. The molecule has 3 rings (SSSR count). The summed E-state index contributed by atoms with van der Waals surface area (Å²) in [4.78, 5) is 7.69. The molecule has 2 unspecified atom stereocenters. The fourth-order valence-electron chi connectivity index (χ4n) is 2.21. The smallest absolute Gasteiger partial charge is 0.268 e. The molecule has 1 fully saturated rings. The third-order valence-corrected chi connectivity index (χ3v) is 4.19. The first-order chi connectivity index (χ1) is 9.72. The normalized spacial score (nSPS) is 22.0. The second-order valence-corrected chi connectivity index (χ2v) is 5.94. The average molecular weight is 294 g/mol. The Morgan fingerprint density at radius 3 is 3.25 bits per heavy atom. The first-order valence-corrected chi connectivity index (χ1v) is 7.56. The van der Waals surface area contributed by atoms with Crippen LogP contribution in [0.5, 0.6) is 0 Å². The van der Waals surface area contributed by atoms with Crippen LogP contribution >= 0.6 is 11.3 Å². The van der Waals surface area contributed by atoms with Crippen LogP contribution in [0.15, 0.2) is 22.0 Å². The molecule has 108 valence electrons. The van der Waals surface area contributed by atoms with Crippen molar-refractivity contribution in [2.45, 2.75) is 25.6 Å². The second kappa shape index (κ2) is 6.01. The van der Waals surface area contributed by atoms with Gasteiger partial charge in [0.25, 0.3) is 5.89 Å². The van der Waals surface area contributed by atoms with Crippen LogP contribution in [0.4, 0.5) is 0 Å². The van der Waals surface area contributed by atoms with E-state index < -0.39 is 0 Å². The summed E-state index contributed by atoms with van der Waals surface area (Å²) in [7, 11) is 0. The van der Waals surface area contributed by atoms with Crippen molar-refractivity contribution in [3.8, 4) is 10.8 Å². The van der Waals surface area contributed by atoms with Gasteiger partial charge < -0.3 is 15.0 Å². The van der Waals surface area contributed by atoms with Crippen molar-refractivity contribution in [2.24, 2.45) is 5.73 Å². The molecule has 2 atom stereocenters. The van der Waals surface area contributed by atoms with E-state index in [4.69, 9.17) is 15.0 Å². The van der Waals surface area contributed by atoms with Gasteiger partial charge in [0.1, 0.15) is 0 Å². The van der Waals surface area contributed by atoms with Crippen LogP contribution in [0.25, 0.3) is 10.8 Å². The maximum absolute atomic E-state index is 5.89. The lowest BCUT2D eigenvalue weighted by Gasteiger charge is -2.33. The highest BCUT2D eigenvalue weighted by molar-refractivity contribution is 7.13. The summed E-state index contributed by atoms with van der Waals surface area (Å²) < 4.78 is 10.9. The van der Waals surface area contributed by atoms with Gasteiger partial charge in [0.2, 0.25) is 0 Å². The van der Waals surface area contributed by atoms with Crippen LogP contribution in [0, 0.1) is 0 Å². The quantitative estimate of drug-likeness (QED) is 0.917. The summed E-state index contributed by atoms with van der Waals surface area (Å²) in [6.45, 7) is 5.01. The Morgan fingerprint density at radius 2 is 2.50 bits per heavy atom. The molecule has 2 N–H and O–H groups in total. The lowest BCUT2D eigenvalue weighted by Crippen LogP contribution is -2.49. The summed E-state index contributed by atoms with van der Waals surface area (Å²) >= 11 is 1.59. The van der Waals surface area contributed by atoms with Gasteiger partial charge >= 0.3 is 0 Å². The van der Waals surface area contributed by atoms with E-state index in [1.54, 1.807) is 11.3 Å². The summed E-state index contributed by atoms with van der Waals surface area (Å²) in [6.07, 6.45) is 0.0763. The van der Waals surface area contributed by atoms with E-state index in [1.165, 1.54) is 0 Å². The largest absolute Gasteiger partial charge is 0.374 e. The van der Waals surface area contributed by atoms with Gasteiger partial charge in [-0.2, -0.15) is 4.98 Å². The third-order valence-electron chi connectivity index (χ3n) is 3.33. The van der Waals surface area contributed by atoms with Gasteiger partial charge in [-0.3, -0.25) is 4.90 Å². The number of aromatic nitrogens is 2. The summed E-state index contributed by atoms with van der Waals surface area (Å²) in [5, 5.41) is 6.04. The van der Waals surface area contributed by atoms with E-state index in [0.29, 0.717) is 24.9 Å². The Labute approximate surface area is 121 Å². The van der Waals surface area contributed by atoms with Gasteiger partial charge in [-0.25, -0.2) is 0 Å². The molecule has 6 nitrogen and oxygen atoms in total. The maximum atomic E-state index is 5.89. The molecule has 0 bridgehead atoms. The molecule has 2 aromatic rings. The van der Waals surface area contributed by atoms with Crippen molar-refractivity contribution in [2.75, 3.05) is 19.7 Å². The molecule has 20 heavy (non-hydrogen) atoms. The Kier molecular flexibility index (Phi) is 4.11. The third kappa shape index (κ3) is 3.06. The fourth-order valence-corrected chi connectivity index (χ4v) is 2.86. The number of hydrogen-bond acceptors (Lipinski definition) is 7. The van der Waals surface area contributed by atoms with E-state index in [2.05, 4.69) is 15.0 Å². The number of morpholine rings is 1. The van der Waals surface area contributed by atoms with Gasteiger partial charge in [-0.1, -0.05) is 11.2 Å². The van der Waals surface area contributed by atoms with Gasteiger partial charge in [-0.05, 0) is 18.4 Å². The molecule has 1 aliphatic heterocycles. The van der Waals surface area contributed by atoms with Crippen molar-refractivity contribution in [3.63, 3.8) is 0 Å². The zero-order chi connectivity index (χ0) is 13.9. The predicted octanol–water partition coefficient (Wildman–Crippen LogP) is 1.35. The molecule has 0 aliphatic carbocycles. The number of rotatable bonds is 4. The molecule has 0 amide bonds. The Hall–Kier alpha value is -1.28. The maximum Gasteiger partial charge on any atom is 0.268 e. The minimum Gasteiger partial charge on any atom is -0.374 e. The van der Waals surface area contributed by atoms with Crippen LogP contribution in [-0.4, -0.2) is 46.9 Å². The van der Waals surface area contributed by atoms with Crippen LogP contribution in [-0.2, 0) is 11.3 Å². The van der Waals surface area contributed by atoms with E-state index in [-0.39, 0.29) is 12.1 Å². The minimum atomic E-state index is 0.0322. The highest BCUT2D eigenvalue weighted by atomic mass is 32.1. The molecule has 2 aromatic heterocycles. The zero-order valence-corrected chi connectivity index (χ0v) is 12.2. The molecule has 3 heterocycles. The highest BCUT2D eigenvalue weighted by Crippen LogP contribution is 2.22. The monoisotopic (exact) mass is 294 g/mol. The van der Waals surface area contributed by atoms with Crippen molar-refractivity contribution in [1.82, 2.24) is 15.0 Å². The highest BCUT2D eigenvalue weighted by Gasteiger charge is 2.24. The SMILES string of the molecule is CC(N)C1CN(Cc2noc(-c3cccs3)n2)CCO1. The van der Waals surface area contributed by atoms with Crippen molar-refractivity contribution < 1.29 is 9.26 Å². The molecule has 0 spiro atoms. The van der Waals surface area contributed by atoms with E-state index in [9.17, 15) is 0 Å². The van der Waals surface area contributed by atoms with Crippen LogP contribution in [0.3, 0.4) is 0 Å². The first kappa shape index (κ1) is 13.7. The zero-order valence-electron chi connectivity index (χ0n) is 11.4. The average Bonchev–Trinajstić information content (AvgIpc) is 3.09. The Morgan fingerprint density at radius 1 is 1.60 bits per heavy atom. The minimum absolute atomic E-state index is 0.0322. The molecule has 1 aliphatic rings. The summed E-state index contributed by atoms with van der Waals surface area (Å²) in [6, 6.07) is 3.98. The summed E-state index contributed by atoms with van der Waals surface area (Å²) in [5.74, 6) is 1.30. The number of ether oxygens (including phenoxy) is 1. The standard InChI is InChI=1S/C13H18N4O2S/c1-9(14)10-7-17(4-5-18-10)8-12-15-13(19-16-12)11-3-2-6-20-11/h2-3,6,9-10H,4-5,7-8,14H2,1H3. The van der Waals surface area contributed by atoms with E-state index in [0.717, 1.165) is 18.0 Å². The predicted molar refractivity (Wildman–Crippen MR) is 76.3 cm³/mol. The van der Waals surface area contributed by atoms with Crippen LogP contribution < -0.4 is 5.73 Å². The Bertz CT molecular complexity index is 540. The Balaban J connectivity index is 1.63. The lowest BCUT2D eigenvalue weighted by atomic mass is 10.1. The molecule has 0 radical (unpaired) electrons. The summed E-state index contributed by atoms with van der Waals surface area (Å²) in [5.41, 5.74) is 5.89. The molecule has 0 aromatic carbocycles. The number of hydrogen-bond donors (Lipinski definition) is 1. The van der Waals surface area contributed by atoms with Gasteiger partial charge in [0.15, 0.2) is 5.82 Å². The fraction of sp³-hybridized carbons (Fsp3) is 0.538. The number of nitrogens with zero attached hydrogens (tertiary/aromatic N) is 3. The van der Waals surface area contributed by atoms with Crippen molar-refractivity contribution in [3.05, 3.63) is 23.3 Å². The van der Waals surface area contributed by atoms with Crippen molar-refractivity contribution in [1.29, 1.82) is 0 Å². The molecule has 0 saturated carbocycles. The van der Waals surface area contributed by atoms with Gasteiger partial charge in [0, 0.05) is 19.1 Å².